The molecule has 1 heterocycles. The van der Waals surface area contributed by atoms with Crippen LogP contribution in [0.4, 0.5) is 11.4 Å². The van der Waals surface area contributed by atoms with Crippen molar-refractivity contribution in [3.05, 3.63) is 54.6 Å². The number of nitrogens with zero attached hydrogens (tertiary/aromatic N) is 2. The first-order valence-electron chi connectivity index (χ1n) is 9.54. The van der Waals surface area contributed by atoms with Crippen molar-refractivity contribution < 1.29 is 14.4 Å². The SMILES string of the molecule is CC(Sc1ccccc1)C(=O)N(C)CC(=O)N1c2ccccc2NC(=O)CC1C. The third kappa shape index (κ3) is 4.98. The zero-order chi connectivity index (χ0) is 21.0. The molecule has 2 atom stereocenters. The maximum absolute atomic E-state index is 13.1. The van der Waals surface area contributed by atoms with E-state index in [1.165, 1.54) is 16.7 Å². The summed E-state index contributed by atoms with van der Waals surface area (Å²) in [6.45, 7) is 3.63. The number of carbonyl (C=O) groups excluding carboxylic acids is 3. The molecule has 29 heavy (non-hydrogen) atoms. The Morgan fingerprint density at radius 3 is 2.55 bits per heavy atom. The molecule has 1 aliphatic rings. The number of likely N-dealkylation sites (N-methyl/N-ethyl adjacent to an activating group) is 1. The van der Waals surface area contributed by atoms with E-state index in [0.29, 0.717) is 11.4 Å². The van der Waals surface area contributed by atoms with Crippen molar-refractivity contribution in [2.45, 2.75) is 36.5 Å². The lowest BCUT2D eigenvalue weighted by Crippen LogP contribution is -2.46. The Balaban J connectivity index is 1.71. The largest absolute Gasteiger partial charge is 0.335 e. The van der Waals surface area contributed by atoms with Crippen molar-refractivity contribution in [2.24, 2.45) is 0 Å². The summed E-state index contributed by atoms with van der Waals surface area (Å²) in [4.78, 5) is 42.1. The molecule has 3 rings (SSSR count). The summed E-state index contributed by atoms with van der Waals surface area (Å²) in [7, 11) is 1.64. The highest BCUT2D eigenvalue weighted by Crippen LogP contribution is 2.31. The fourth-order valence-electron chi connectivity index (χ4n) is 3.39. The van der Waals surface area contributed by atoms with Crippen LogP contribution in [0.2, 0.25) is 0 Å². The molecule has 0 saturated carbocycles. The molecule has 152 valence electrons. The average molecular weight is 412 g/mol. The second kappa shape index (κ2) is 9.13. The third-order valence-corrected chi connectivity index (χ3v) is 5.88. The summed E-state index contributed by atoms with van der Waals surface area (Å²) in [5.41, 5.74) is 1.26. The highest BCUT2D eigenvalue weighted by molar-refractivity contribution is 8.00. The van der Waals surface area contributed by atoms with Crippen molar-refractivity contribution in [1.29, 1.82) is 0 Å². The molecule has 0 saturated heterocycles. The van der Waals surface area contributed by atoms with Crippen LogP contribution in [-0.4, -0.2) is 47.5 Å². The molecule has 2 unspecified atom stereocenters. The normalized spacial score (nSPS) is 17.0. The summed E-state index contributed by atoms with van der Waals surface area (Å²) < 4.78 is 0. The zero-order valence-electron chi connectivity index (χ0n) is 16.8. The van der Waals surface area contributed by atoms with Gasteiger partial charge in [0.2, 0.25) is 17.7 Å². The van der Waals surface area contributed by atoms with Gasteiger partial charge in [0.1, 0.15) is 0 Å². The number of carbonyl (C=O) groups is 3. The lowest BCUT2D eigenvalue weighted by Gasteiger charge is -2.30. The second-order valence-corrected chi connectivity index (χ2v) is 8.56. The van der Waals surface area contributed by atoms with E-state index in [1.54, 1.807) is 18.0 Å². The smallest absolute Gasteiger partial charge is 0.246 e. The van der Waals surface area contributed by atoms with Gasteiger partial charge in [-0.25, -0.2) is 0 Å². The van der Waals surface area contributed by atoms with Gasteiger partial charge in [-0.1, -0.05) is 30.3 Å². The molecule has 2 aromatic rings. The number of nitrogens with one attached hydrogen (secondary N) is 1. The standard InChI is InChI=1S/C22H25N3O3S/c1-15-13-20(26)23-18-11-7-8-12-19(18)25(15)21(27)14-24(3)22(28)16(2)29-17-9-5-4-6-10-17/h4-12,15-16H,13-14H2,1-3H3,(H,23,26). The minimum absolute atomic E-state index is 0.0502. The van der Waals surface area contributed by atoms with Crippen LogP contribution in [0.15, 0.2) is 59.5 Å². The van der Waals surface area contributed by atoms with Gasteiger partial charge in [0, 0.05) is 24.4 Å². The molecule has 0 aliphatic carbocycles. The number of amides is 3. The Hall–Kier alpha value is -2.80. The first-order valence-corrected chi connectivity index (χ1v) is 10.4. The number of rotatable bonds is 5. The Bertz CT molecular complexity index is 903. The van der Waals surface area contributed by atoms with Crippen LogP contribution >= 0.6 is 11.8 Å². The minimum Gasteiger partial charge on any atom is -0.335 e. The van der Waals surface area contributed by atoms with Crippen LogP contribution in [0, 0.1) is 0 Å². The van der Waals surface area contributed by atoms with E-state index < -0.39 is 0 Å². The van der Waals surface area contributed by atoms with Crippen molar-refractivity contribution in [3.8, 4) is 0 Å². The number of para-hydroxylation sites is 2. The highest BCUT2D eigenvalue weighted by atomic mass is 32.2. The van der Waals surface area contributed by atoms with Gasteiger partial charge in [-0.2, -0.15) is 0 Å². The molecule has 0 radical (unpaired) electrons. The van der Waals surface area contributed by atoms with Gasteiger partial charge in [0.15, 0.2) is 0 Å². The molecule has 0 spiro atoms. The van der Waals surface area contributed by atoms with Gasteiger partial charge in [-0.3, -0.25) is 14.4 Å². The maximum atomic E-state index is 13.1. The van der Waals surface area contributed by atoms with Crippen LogP contribution in [0.1, 0.15) is 20.3 Å². The van der Waals surface area contributed by atoms with E-state index in [9.17, 15) is 14.4 Å². The Morgan fingerprint density at radius 2 is 1.83 bits per heavy atom. The zero-order valence-corrected chi connectivity index (χ0v) is 17.6. The third-order valence-electron chi connectivity index (χ3n) is 4.78. The molecule has 7 heteroatoms. The van der Waals surface area contributed by atoms with Gasteiger partial charge in [0.05, 0.1) is 23.2 Å². The summed E-state index contributed by atoms with van der Waals surface area (Å²) in [6, 6.07) is 16.6. The predicted molar refractivity (Wildman–Crippen MR) is 116 cm³/mol. The van der Waals surface area contributed by atoms with Crippen LogP contribution in [0.3, 0.4) is 0 Å². The lowest BCUT2D eigenvalue weighted by molar-refractivity contribution is -0.133. The molecule has 1 N–H and O–H groups in total. The van der Waals surface area contributed by atoms with Crippen LogP contribution < -0.4 is 10.2 Å². The van der Waals surface area contributed by atoms with Crippen molar-refractivity contribution in [2.75, 3.05) is 23.8 Å². The Morgan fingerprint density at radius 1 is 1.17 bits per heavy atom. The number of benzene rings is 2. The molecule has 0 fully saturated rings. The van der Waals surface area contributed by atoms with Gasteiger partial charge in [-0.05, 0) is 38.1 Å². The van der Waals surface area contributed by atoms with E-state index in [0.717, 1.165) is 4.90 Å². The first kappa shape index (κ1) is 20.9. The summed E-state index contributed by atoms with van der Waals surface area (Å²) in [5.74, 6) is -0.455. The van der Waals surface area contributed by atoms with E-state index in [4.69, 9.17) is 0 Å². The topological polar surface area (TPSA) is 69.7 Å². The maximum Gasteiger partial charge on any atom is 0.246 e. The molecular weight excluding hydrogens is 386 g/mol. The number of fused-ring (bicyclic) bond motifs is 1. The molecule has 6 nitrogen and oxygen atoms in total. The van der Waals surface area contributed by atoms with Gasteiger partial charge >= 0.3 is 0 Å². The van der Waals surface area contributed by atoms with Crippen molar-refractivity contribution in [1.82, 2.24) is 4.90 Å². The monoisotopic (exact) mass is 411 g/mol. The quantitative estimate of drug-likeness (QED) is 0.766. The molecule has 1 aliphatic heterocycles. The predicted octanol–water partition coefficient (Wildman–Crippen LogP) is 3.39. The van der Waals surface area contributed by atoms with Crippen LogP contribution in [-0.2, 0) is 14.4 Å². The Labute approximate surface area is 175 Å². The van der Waals surface area contributed by atoms with E-state index >= 15 is 0 Å². The summed E-state index contributed by atoms with van der Waals surface area (Å²) in [6.07, 6.45) is 0.207. The lowest BCUT2D eigenvalue weighted by atomic mass is 10.1. The first-order chi connectivity index (χ1) is 13.9. The second-order valence-electron chi connectivity index (χ2n) is 7.15. The van der Waals surface area contributed by atoms with E-state index in [2.05, 4.69) is 5.32 Å². The van der Waals surface area contributed by atoms with Gasteiger partial charge in [0.25, 0.3) is 0 Å². The van der Waals surface area contributed by atoms with Crippen LogP contribution in [0.5, 0.6) is 0 Å². The van der Waals surface area contributed by atoms with Crippen LogP contribution in [0.25, 0.3) is 0 Å². The fourth-order valence-corrected chi connectivity index (χ4v) is 4.39. The number of anilines is 2. The molecule has 0 aromatic heterocycles. The van der Waals surface area contributed by atoms with Crippen molar-refractivity contribution >= 4 is 40.9 Å². The molecule has 0 bridgehead atoms. The van der Waals surface area contributed by atoms with Gasteiger partial charge < -0.3 is 15.1 Å². The summed E-state index contributed by atoms with van der Waals surface area (Å²) in [5, 5.41) is 2.53. The van der Waals surface area contributed by atoms with E-state index in [1.807, 2.05) is 62.4 Å². The fraction of sp³-hybridized carbons (Fsp3) is 0.318. The minimum atomic E-state index is -0.313. The number of thioether (sulfide) groups is 1. The number of hydrogen-bond donors (Lipinski definition) is 1. The Kier molecular flexibility index (Phi) is 6.59. The van der Waals surface area contributed by atoms with Gasteiger partial charge in [-0.15, -0.1) is 11.8 Å². The van der Waals surface area contributed by atoms with E-state index in [-0.39, 0.29) is 42.0 Å². The van der Waals surface area contributed by atoms with Crippen molar-refractivity contribution in [3.63, 3.8) is 0 Å². The average Bonchev–Trinajstić information content (AvgIpc) is 2.82. The molecule has 3 amide bonds. The summed E-state index contributed by atoms with van der Waals surface area (Å²) >= 11 is 1.46. The molecular formula is C22H25N3O3S. The highest BCUT2D eigenvalue weighted by Gasteiger charge is 2.31. The molecule has 2 aromatic carbocycles. The number of hydrogen-bond acceptors (Lipinski definition) is 4.